The maximum Gasteiger partial charge on any atom is 0.305 e. The van der Waals surface area contributed by atoms with Crippen LogP contribution in [0.2, 0.25) is 0 Å². The highest BCUT2D eigenvalue weighted by Crippen LogP contribution is 2.22. The van der Waals surface area contributed by atoms with Crippen LogP contribution >= 0.6 is 0 Å². The van der Waals surface area contributed by atoms with Crippen LogP contribution < -0.4 is 14.8 Å². The number of amides is 1. The zero-order chi connectivity index (χ0) is 29.4. The second-order valence-corrected chi connectivity index (χ2v) is 10.3. The predicted molar refractivity (Wildman–Crippen MR) is 166 cm³/mol. The first-order valence-electron chi connectivity index (χ1n) is 14.7. The van der Waals surface area contributed by atoms with Gasteiger partial charge in [0.1, 0.15) is 18.1 Å². The molecule has 4 aromatic carbocycles. The number of hydrogen-bond donors (Lipinski definition) is 2. The van der Waals surface area contributed by atoms with Gasteiger partial charge in [-0.1, -0.05) is 86.0 Å². The fraction of sp³-hybridized carbons (Fsp3) is 0.278. The minimum Gasteiger partial charge on any atom is -0.494 e. The summed E-state index contributed by atoms with van der Waals surface area (Å²) in [5.74, 6) is 0.513. The molecule has 0 saturated heterocycles. The van der Waals surface area contributed by atoms with Crippen molar-refractivity contribution in [3.8, 4) is 22.6 Å². The van der Waals surface area contributed by atoms with Gasteiger partial charge in [0.2, 0.25) is 0 Å². The Labute approximate surface area is 248 Å². The normalized spacial score (nSPS) is 10.7. The molecule has 0 atom stereocenters. The number of carboxylic acid groups (broad SMARTS) is 1. The van der Waals surface area contributed by atoms with E-state index >= 15 is 0 Å². The SMILES string of the molecule is O=C(O)CCNC(=O)c1ccc(CCCCCCCOc2ccc(OCc3ccc(-c4ccccc4)cc3)cc2)cc1. The summed E-state index contributed by atoms with van der Waals surface area (Å²) in [4.78, 5) is 22.6. The first kappa shape index (κ1) is 30.4. The van der Waals surface area contributed by atoms with Gasteiger partial charge in [0.25, 0.3) is 5.91 Å². The largest absolute Gasteiger partial charge is 0.494 e. The van der Waals surface area contributed by atoms with E-state index in [1.807, 2.05) is 54.6 Å². The fourth-order valence-corrected chi connectivity index (χ4v) is 4.58. The molecule has 0 aliphatic heterocycles. The summed E-state index contributed by atoms with van der Waals surface area (Å²) in [5, 5.41) is 11.3. The van der Waals surface area contributed by atoms with Crippen LogP contribution in [0.1, 0.15) is 60.0 Å². The Morgan fingerprint density at radius 3 is 1.90 bits per heavy atom. The lowest BCUT2D eigenvalue weighted by molar-refractivity contribution is -0.136. The van der Waals surface area contributed by atoms with Crippen molar-refractivity contribution in [3.63, 3.8) is 0 Å². The van der Waals surface area contributed by atoms with E-state index in [2.05, 4.69) is 41.7 Å². The number of benzene rings is 4. The summed E-state index contributed by atoms with van der Waals surface area (Å²) in [6, 6.07) is 34.2. The second kappa shape index (κ2) is 16.6. The maximum absolute atomic E-state index is 12.0. The van der Waals surface area contributed by atoms with Crippen LogP contribution in [0, 0.1) is 0 Å². The van der Waals surface area contributed by atoms with Crippen LogP contribution in [-0.4, -0.2) is 30.1 Å². The maximum atomic E-state index is 12.0. The van der Waals surface area contributed by atoms with E-state index in [4.69, 9.17) is 14.6 Å². The van der Waals surface area contributed by atoms with Gasteiger partial charge in [-0.15, -0.1) is 0 Å². The van der Waals surface area contributed by atoms with Crippen LogP contribution in [0.3, 0.4) is 0 Å². The van der Waals surface area contributed by atoms with Gasteiger partial charge in [-0.05, 0) is 77.9 Å². The molecule has 6 nitrogen and oxygen atoms in total. The number of carbonyl (C=O) groups excluding carboxylic acids is 1. The quantitative estimate of drug-likeness (QED) is 0.128. The molecule has 6 heteroatoms. The van der Waals surface area contributed by atoms with Crippen LogP contribution in [0.5, 0.6) is 11.5 Å². The Morgan fingerprint density at radius 2 is 1.21 bits per heavy atom. The molecule has 2 N–H and O–H groups in total. The average molecular weight is 566 g/mol. The van der Waals surface area contributed by atoms with Gasteiger partial charge in [-0.2, -0.15) is 0 Å². The third kappa shape index (κ3) is 10.4. The molecular weight excluding hydrogens is 526 g/mol. The number of aryl methyl sites for hydroxylation is 1. The molecule has 0 fully saturated rings. The molecular formula is C36H39NO5. The zero-order valence-corrected chi connectivity index (χ0v) is 24.0. The van der Waals surface area contributed by atoms with Gasteiger partial charge in [-0.3, -0.25) is 9.59 Å². The fourth-order valence-electron chi connectivity index (χ4n) is 4.58. The van der Waals surface area contributed by atoms with E-state index in [0.29, 0.717) is 18.8 Å². The summed E-state index contributed by atoms with van der Waals surface area (Å²) in [7, 11) is 0. The van der Waals surface area contributed by atoms with Crippen molar-refractivity contribution in [3.05, 3.63) is 120 Å². The van der Waals surface area contributed by atoms with Crippen molar-refractivity contribution >= 4 is 11.9 Å². The number of nitrogens with one attached hydrogen (secondary N) is 1. The van der Waals surface area contributed by atoms with Crippen molar-refractivity contribution in [1.29, 1.82) is 0 Å². The first-order valence-corrected chi connectivity index (χ1v) is 14.7. The van der Waals surface area contributed by atoms with Crippen molar-refractivity contribution in [2.45, 2.75) is 51.6 Å². The highest BCUT2D eigenvalue weighted by molar-refractivity contribution is 5.94. The number of rotatable bonds is 17. The monoisotopic (exact) mass is 565 g/mol. The summed E-state index contributed by atoms with van der Waals surface area (Å²) >= 11 is 0. The lowest BCUT2D eigenvalue weighted by Gasteiger charge is -2.10. The van der Waals surface area contributed by atoms with Crippen molar-refractivity contribution in [2.24, 2.45) is 0 Å². The summed E-state index contributed by atoms with van der Waals surface area (Å²) < 4.78 is 11.9. The van der Waals surface area contributed by atoms with Gasteiger partial charge >= 0.3 is 5.97 Å². The van der Waals surface area contributed by atoms with E-state index < -0.39 is 5.97 Å². The zero-order valence-electron chi connectivity index (χ0n) is 24.0. The first-order chi connectivity index (χ1) is 20.6. The Hall–Kier alpha value is -4.58. The molecule has 0 spiro atoms. The average Bonchev–Trinajstić information content (AvgIpc) is 3.02. The minimum atomic E-state index is -0.924. The molecule has 0 aliphatic rings. The summed E-state index contributed by atoms with van der Waals surface area (Å²) in [6.45, 7) is 1.35. The second-order valence-electron chi connectivity index (χ2n) is 10.3. The van der Waals surface area contributed by atoms with Crippen LogP contribution in [0.4, 0.5) is 0 Å². The van der Waals surface area contributed by atoms with Crippen molar-refractivity contribution in [1.82, 2.24) is 5.32 Å². The Balaban J connectivity index is 1.04. The number of unbranched alkanes of at least 4 members (excludes halogenated alkanes) is 4. The molecule has 0 aliphatic carbocycles. The van der Waals surface area contributed by atoms with Crippen LogP contribution in [0.25, 0.3) is 11.1 Å². The third-order valence-electron chi connectivity index (χ3n) is 7.01. The highest BCUT2D eigenvalue weighted by Gasteiger charge is 2.06. The van der Waals surface area contributed by atoms with Crippen molar-refractivity contribution in [2.75, 3.05) is 13.2 Å². The Kier molecular flexibility index (Phi) is 12.0. The van der Waals surface area contributed by atoms with E-state index in [1.54, 1.807) is 12.1 Å². The topological polar surface area (TPSA) is 84.9 Å². The van der Waals surface area contributed by atoms with Crippen LogP contribution in [-0.2, 0) is 17.8 Å². The molecule has 0 aromatic heterocycles. The lowest BCUT2D eigenvalue weighted by atomic mass is 10.0. The number of ether oxygens (including phenoxy) is 2. The molecule has 0 unspecified atom stereocenters. The number of hydrogen-bond acceptors (Lipinski definition) is 4. The van der Waals surface area contributed by atoms with Gasteiger partial charge in [-0.25, -0.2) is 0 Å². The van der Waals surface area contributed by atoms with Gasteiger partial charge in [0, 0.05) is 12.1 Å². The van der Waals surface area contributed by atoms with E-state index in [9.17, 15) is 9.59 Å². The molecule has 4 aromatic rings. The number of carbonyl (C=O) groups is 2. The summed E-state index contributed by atoms with van der Waals surface area (Å²) in [6.07, 6.45) is 6.45. The van der Waals surface area contributed by atoms with Crippen molar-refractivity contribution < 1.29 is 24.2 Å². The van der Waals surface area contributed by atoms with E-state index in [0.717, 1.165) is 55.6 Å². The lowest BCUT2D eigenvalue weighted by Crippen LogP contribution is -2.25. The molecule has 0 bridgehead atoms. The van der Waals surface area contributed by atoms with Gasteiger partial charge < -0.3 is 19.9 Å². The molecule has 1 amide bonds. The van der Waals surface area contributed by atoms with E-state index in [1.165, 1.54) is 16.7 Å². The number of carboxylic acids is 1. The van der Waals surface area contributed by atoms with Gasteiger partial charge in [0.05, 0.1) is 13.0 Å². The van der Waals surface area contributed by atoms with Gasteiger partial charge in [0.15, 0.2) is 0 Å². The summed E-state index contributed by atoms with van der Waals surface area (Å²) in [5.41, 5.74) is 5.29. The van der Waals surface area contributed by atoms with E-state index in [-0.39, 0.29) is 18.9 Å². The molecule has 4 rings (SSSR count). The molecule has 0 saturated carbocycles. The number of aliphatic carboxylic acids is 1. The molecule has 42 heavy (non-hydrogen) atoms. The minimum absolute atomic E-state index is 0.0781. The highest BCUT2D eigenvalue weighted by atomic mass is 16.5. The smallest absolute Gasteiger partial charge is 0.305 e. The standard InChI is InChI=1S/C36H39NO5/c38-35(39)24-25-37-36(40)32-18-12-28(13-19-32)9-5-2-1-3-8-26-41-33-20-22-34(23-21-33)42-27-29-14-16-31(17-15-29)30-10-6-4-7-11-30/h4,6-7,10-23H,1-3,5,8-9,24-27H2,(H,37,40)(H,38,39). The van der Waals surface area contributed by atoms with Crippen LogP contribution in [0.15, 0.2) is 103 Å². The molecule has 0 heterocycles. The molecule has 0 radical (unpaired) electrons. The Morgan fingerprint density at radius 1 is 0.619 bits per heavy atom. The Bertz CT molecular complexity index is 1370. The molecule has 218 valence electrons. The predicted octanol–water partition coefficient (Wildman–Crippen LogP) is 7.71. The third-order valence-corrected chi connectivity index (χ3v) is 7.01.